The van der Waals surface area contributed by atoms with Crippen molar-refractivity contribution < 1.29 is 9.90 Å². The minimum Gasteiger partial charge on any atom is -0.394 e. The fraction of sp³-hybridized carbons (Fsp3) is 0.412. The molecule has 1 aromatic carbocycles. The van der Waals surface area contributed by atoms with Crippen molar-refractivity contribution in [3.05, 3.63) is 40.9 Å². The number of aromatic nitrogens is 1. The molecule has 1 amide bonds. The van der Waals surface area contributed by atoms with E-state index in [1.807, 2.05) is 37.4 Å². The second-order valence-corrected chi connectivity index (χ2v) is 7.04. The van der Waals surface area contributed by atoms with Gasteiger partial charge in [0.25, 0.3) is 5.91 Å². The number of hydrogen-bond donors (Lipinski definition) is 2. The van der Waals surface area contributed by atoms with Gasteiger partial charge in [-0.15, -0.1) is 11.3 Å². The summed E-state index contributed by atoms with van der Waals surface area (Å²) in [4.78, 5) is 17.0. The normalized spacial score (nSPS) is 17.0. The number of rotatable bonds is 5. The molecule has 1 heterocycles. The highest BCUT2D eigenvalue weighted by Gasteiger charge is 2.42. The highest BCUT2D eigenvalue weighted by Crippen LogP contribution is 2.39. The van der Waals surface area contributed by atoms with E-state index >= 15 is 0 Å². The van der Waals surface area contributed by atoms with Crippen LogP contribution in [-0.4, -0.2) is 28.1 Å². The van der Waals surface area contributed by atoms with E-state index in [9.17, 15) is 9.90 Å². The third kappa shape index (κ3) is 3.05. The predicted molar refractivity (Wildman–Crippen MR) is 88.0 cm³/mol. The molecule has 1 fully saturated rings. The second-order valence-electron chi connectivity index (χ2n) is 6.18. The Morgan fingerprint density at radius 2 is 2.27 bits per heavy atom. The molecule has 0 aliphatic heterocycles. The molecular formula is C17H20N2O2S. The molecule has 1 unspecified atom stereocenters. The zero-order valence-electron chi connectivity index (χ0n) is 12.8. The molecule has 1 aromatic heterocycles. The topological polar surface area (TPSA) is 62.2 Å². The quantitative estimate of drug-likeness (QED) is 0.891. The van der Waals surface area contributed by atoms with E-state index in [2.05, 4.69) is 10.3 Å². The van der Waals surface area contributed by atoms with E-state index in [0.29, 0.717) is 11.5 Å². The summed E-state index contributed by atoms with van der Waals surface area (Å²) in [5, 5.41) is 15.5. The number of thiazole rings is 1. The number of benzene rings is 1. The third-order valence-electron chi connectivity index (χ3n) is 4.20. The number of amides is 1. The summed E-state index contributed by atoms with van der Waals surface area (Å²) in [5.74, 6) is 0.241. The van der Waals surface area contributed by atoms with E-state index < -0.39 is 5.54 Å². The van der Waals surface area contributed by atoms with Gasteiger partial charge in [-0.2, -0.15) is 0 Å². The van der Waals surface area contributed by atoms with Gasteiger partial charge in [0.05, 0.1) is 12.1 Å². The Balaban J connectivity index is 1.81. The molecule has 4 nitrogen and oxygen atoms in total. The van der Waals surface area contributed by atoms with Crippen LogP contribution in [0.1, 0.15) is 35.8 Å². The standard InChI is InChI=1S/C17H20N2O2S/c1-11-9-22-16(18-11)13-5-3-4-12(8-13)15(21)19-17(2,10-20)14-6-7-14/h3-5,8-9,14,20H,6-7,10H2,1-2H3,(H,19,21). The van der Waals surface area contributed by atoms with Gasteiger partial charge in [-0.1, -0.05) is 12.1 Å². The van der Waals surface area contributed by atoms with Gasteiger partial charge in [-0.25, -0.2) is 4.98 Å². The second kappa shape index (κ2) is 5.82. The number of carbonyl (C=O) groups excluding carboxylic acids is 1. The lowest BCUT2D eigenvalue weighted by Crippen LogP contribution is -2.50. The van der Waals surface area contributed by atoms with E-state index in [4.69, 9.17) is 0 Å². The van der Waals surface area contributed by atoms with Gasteiger partial charge in [-0.3, -0.25) is 4.79 Å². The van der Waals surface area contributed by atoms with Crippen molar-refractivity contribution in [3.8, 4) is 10.6 Å². The Morgan fingerprint density at radius 3 is 2.86 bits per heavy atom. The molecule has 3 rings (SSSR count). The molecule has 1 aliphatic rings. The van der Waals surface area contributed by atoms with Gasteiger partial charge in [0.2, 0.25) is 0 Å². The number of aliphatic hydroxyl groups is 1. The summed E-state index contributed by atoms with van der Waals surface area (Å²) in [6, 6.07) is 7.48. The highest BCUT2D eigenvalue weighted by molar-refractivity contribution is 7.13. The summed E-state index contributed by atoms with van der Waals surface area (Å²) >= 11 is 1.57. The number of aliphatic hydroxyl groups excluding tert-OH is 1. The van der Waals surface area contributed by atoms with Gasteiger partial charge in [0.15, 0.2) is 0 Å². The molecule has 0 radical (unpaired) electrons. The highest BCUT2D eigenvalue weighted by atomic mass is 32.1. The zero-order chi connectivity index (χ0) is 15.7. The minimum atomic E-state index is -0.523. The molecule has 0 spiro atoms. The largest absolute Gasteiger partial charge is 0.394 e. The first-order valence-corrected chi connectivity index (χ1v) is 8.36. The molecule has 22 heavy (non-hydrogen) atoms. The molecule has 0 bridgehead atoms. The third-order valence-corrected chi connectivity index (χ3v) is 5.21. The first-order chi connectivity index (χ1) is 10.5. The van der Waals surface area contributed by atoms with Crippen molar-refractivity contribution in [2.45, 2.75) is 32.2 Å². The zero-order valence-corrected chi connectivity index (χ0v) is 13.6. The maximum absolute atomic E-state index is 12.5. The first-order valence-electron chi connectivity index (χ1n) is 7.48. The Labute approximate surface area is 134 Å². The molecule has 116 valence electrons. The van der Waals surface area contributed by atoms with Crippen molar-refractivity contribution >= 4 is 17.2 Å². The van der Waals surface area contributed by atoms with Crippen molar-refractivity contribution in [2.24, 2.45) is 5.92 Å². The van der Waals surface area contributed by atoms with Gasteiger partial charge < -0.3 is 10.4 Å². The van der Waals surface area contributed by atoms with Crippen LogP contribution in [-0.2, 0) is 0 Å². The van der Waals surface area contributed by atoms with Gasteiger partial charge in [0, 0.05) is 22.2 Å². The van der Waals surface area contributed by atoms with Gasteiger partial charge in [-0.05, 0) is 44.7 Å². The molecule has 1 saturated carbocycles. The molecule has 0 saturated heterocycles. The van der Waals surface area contributed by atoms with Crippen LogP contribution in [0.4, 0.5) is 0 Å². The van der Waals surface area contributed by atoms with E-state index in [1.165, 1.54) is 0 Å². The Hall–Kier alpha value is -1.72. The molecule has 1 aliphatic carbocycles. The fourth-order valence-corrected chi connectivity index (χ4v) is 3.40. The van der Waals surface area contributed by atoms with Crippen LogP contribution >= 0.6 is 11.3 Å². The van der Waals surface area contributed by atoms with Crippen LogP contribution in [0.25, 0.3) is 10.6 Å². The van der Waals surface area contributed by atoms with E-state index in [0.717, 1.165) is 29.1 Å². The van der Waals surface area contributed by atoms with Gasteiger partial charge in [0.1, 0.15) is 5.01 Å². The summed E-state index contributed by atoms with van der Waals surface area (Å²) < 4.78 is 0. The van der Waals surface area contributed by atoms with Crippen molar-refractivity contribution in [1.29, 1.82) is 0 Å². The SMILES string of the molecule is Cc1csc(-c2cccc(C(=O)NC(C)(CO)C3CC3)c2)n1. The lowest BCUT2D eigenvalue weighted by atomic mass is 9.96. The number of carbonyl (C=O) groups is 1. The number of nitrogens with zero attached hydrogens (tertiary/aromatic N) is 1. The first kappa shape index (κ1) is 15.2. The van der Waals surface area contributed by atoms with Crippen LogP contribution in [0.2, 0.25) is 0 Å². The van der Waals surface area contributed by atoms with Crippen LogP contribution in [0, 0.1) is 12.8 Å². The number of aryl methyl sites for hydroxylation is 1. The Kier molecular flexibility index (Phi) is 4.02. The fourth-order valence-electron chi connectivity index (χ4n) is 2.60. The average molecular weight is 316 g/mol. The maximum atomic E-state index is 12.5. The molecule has 2 N–H and O–H groups in total. The number of hydrogen-bond acceptors (Lipinski definition) is 4. The van der Waals surface area contributed by atoms with E-state index in [1.54, 1.807) is 17.4 Å². The van der Waals surface area contributed by atoms with Gasteiger partial charge >= 0.3 is 0 Å². The summed E-state index contributed by atoms with van der Waals surface area (Å²) in [6.45, 7) is 3.84. The van der Waals surface area contributed by atoms with Crippen molar-refractivity contribution in [3.63, 3.8) is 0 Å². The molecule has 2 aromatic rings. The smallest absolute Gasteiger partial charge is 0.251 e. The molecule has 5 heteroatoms. The predicted octanol–water partition coefficient (Wildman–Crippen LogP) is 3.01. The Morgan fingerprint density at radius 1 is 1.50 bits per heavy atom. The van der Waals surface area contributed by atoms with Crippen molar-refractivity contribution in [1.82, 2.24) is 10.3 Å². The number of nitrogens with one attached hydrogen (secondary N) is 1. The van der Waals surface area contributed by atoms with Crippen LogP contribution in [0.3, 0.4) is 0 Å². The molecule has 1 atom stereocenters. The summed E-state index contributed by atoms with van der Waals surface area (Å²) in [7, 11) is 0. The van der Waals surface area contributed by atoms with Crippen LogP contribution < -0.4 is 5.32 Å². The molecular weight excluding hydrogens is 296 g/mol. The summed E-state index contributed by atoms with van der Waals surface area (Å²) in [6.07, 6.45) is 2.13. The summed E-state index contributed by atoms with van der Waals surface area (Å²) in [5.41, 5.74) is 2.01. The average Bonchev–Trinajstić information content (AvgIpc) is 3.30. The lowest BCUT2D eigenvalue weighted by Gasteiger charge is -2.28. The minimum absolute atomic E-state index is 0.0330. The lowest BCUT2D eigenvalue weighted by molar-refractivity contribution is 0.0824. The van der Waals surface area contributed by atoms with E-state index in [-0.39, 0.29) is 12.5 Å². The Bertz CT molecular complexity index is 693. The monoisotopic (exact) mass is 316 g/mol. The van der Waals surface area contributed by atoms with Crippen LogP contribution in [0.15, 0.2) is 29.6 Å². The van der Waals surface area contributed by atoms with Crippen LogP contribution in [0.5, 0.6) is 0 Å². The maximum Gasteiger partial charge on any atom is 0.251 e. The van der Waals surface area contributed by atoms with Crippen molar-refractivity contribution in [2.75, 3.05) is 6.61 Å².